The van der Waals surface area contributed by atoms with E-state index in [4.69, 9.17) is 4.42 Å². The van der Waals surface area contributed by atoms with Gasteiger partial charge >= 0.3 is 0 Å². The van der Waals surface area contributed by atoms with E-state index in [1.165, 1.54) is 22.7 Å². The Labute approximate surface area is 243 Å². The minimum absolute atomic E-state index is 0.0181. The zero-order valence-electron chi connectivity index (χ0n) is 22.1. The van der Waals surface area contributed by atoms with Crippen molar-refractivity contribution in [3.63, 3.8) is 0 Å². The van der Waals surface area contributed by atoms with Crippen molar-refractivity contribution >= 4 is 50.9 Å². The number of nitrogens with zero attached hydrogens (tertiary/aromatic N) is 3. The lowest BCUT2D eigenvalue weighted by molar-refractivity contribution is -0.117. The Hall–Kier alpha value is -4.28. The summed E-state index contributed by atoms with van der Waals surface area (Å²) < 4.78 is 20.4. The van der Waals surface area contributed by atoms with Gasteiger partial charge in [-0.1, -0.05) is 97.6 Å². The second-order valence-corrected chi connectivity index (χ2v) is 12.0. The van der Waals surface area contributed by atoms with Gasteiger partial charge in [-0.3, -0.25) is 14.5 Å². The molecule has 1 aliphatic heterocycles. The summed E-state index contributed by atoms with van der Waals surface area (Å²) in [4.78, 5) is 28.7. The van der Waals surface area contributed by atoms with E-state index in [-0.39, 0.29) is 28.2 Å². The van der Waals surface area contributed by atoms with Crippen LogP contribution in [0.1, 0.15) is 53.1 Å². The number of hydrogen-bond donors (Lipinski definition) is 1. The summed E-state index contributed by atoms with van der Waals surface area (Å²) in [5.74, 6) is -1.70. The van der Waals surface area contributed by atoms with Crippen molar-refractivity contribution in [3.05, 3.63) is 118 Å². The Morgan fingerprint density at radius 3 is 2.54 bits per heavy atom. The van der Waals surface area contributed by atoms with Crippen molar-refractivity contribution in [2.24, 2.45) is 0 Å². The number of para-hydroxylation sites is 1. The Morgan fingerprint density at radius 1 is 1.07 bits per heavy atom. The number of benzene rings is 3. The molecule has 1 unspecified atom stereocenters. The minimum atomic E-state index is -0.957. The van der Waals surface area contributed by atoms with Gasteiger partial charge in [0.15, 0.2) is 15.9 Å². The molecule has 206 valence electrons. The van der Waals surface area contributed by atoms with Gasteiger partial charge in [0.1, 0.15) is 11.4 Å². The van der Waals surface area contributed by atoms with E-state index >= 15 is 0 Å². The van der Waals surface area contributed by atoms with Gasteiger partial charge in [-0.05, 0) is 40.8 Å². The molecule has 0 saturated heterocycles. The molecule has 0 bridgehead atoms. The second kappa shape index (κ2) is 10.9. The van der Waals surface area contributed by atoms with Crippen LogP contribution in [0, 0.1) is 5.82 Å². The summed E-state index contributed by atoms with van der Waals surface area (Å²) in [6, 6.07) is 21.9. The average Bonchev–Trinajstić information content (AvgIpc) is 3.69. The zero-order valence-corrected chi connectivity index (χ0v) is 23.7. The van der Waals surface area contributed by atoms with Gasteiger partial charge in [0.25, 0.3) is 5.91 Å². The number of aromatic nitrogens is 2. The largest absolute Gasteiger partial charge is 0.503 e. The van der Waals surface area contributed by atoms with Crippen molar-refractivity contribution < 1.29 is 23.5 Å². The molecule has 1 atom stereocenters. The van der Waals surface area contributed by atoms with Crippen molar-refractivity contribution in [2.75, 3.05) is 4.90 Å². The number of thioether (sulfide) groups is 1. The first-order chi connectivity index (χ1) is 19.8. The molecule has 1 aliphatic rings. The third kappa shape index (κ3) is 5.05. The third-order valence-corrected chi connectivity index (χ3v) is 9.04. The molecular formula is C31H24FN3O4S2. The van der Waals surface area contributed by atoms with Crippen molar-refractivity contribution in [2.45, 2.75) is 35.9 Å². The van der Waals surface area contributed by atoms with Crippen LogP contribution < -0.4 is 4.90 Å². The highest BCUT2D eigenvalue weighted by Gasteiger charge is 2.46. The topological polar surface area (TPSA) is 96.5 Å². The number of hydrogen-bond acceptors (Lipinski definition) is 8. The maximum absolute atomic E-state index is 14.1. The first-order valence-corrected chi connectivity index (χ1v) is 14.7. The number of amides is 1. The number of aliphatic hydroxyl groups excluding tert-OH is 1. The van der Waals surface area contributed by atoms with E-state index in [9.17, 15) is 19.1 Å². The average molecular weight is 586 g/mol. The van der Waals surface area contributed by atoms with Gasteiger partial charge in [0.05, 0.1) is 11.6 Å². The molecule has 3 aromatic carbocycles. The molecule has 10 heteroatoms. The summed E-state index contributed by atoms with van der Waals surface area (Å²) in [6.07, 6.45) is 0. The standard InChI is InChI=1S/C31H24FN3O4S2/c1-17(2)18-11-13-19(14-12-18)26-25(27(36)24-15-20-7-4-6-10-23(20)39-24)28(37)29(38)35(26)30-33-34-31(41-30)40-16-21-8-3-5-9-22(21)32/h3-15,17,26,37H,16H2,1-2H3. The van der Waals surface area contributed by atoms with Gasteiger partial charge in [0.2, 0.25) is 10.9 Å². The van der Waals surface area contributed by atoms with Crippen molar-refractivity contribution in [1.29, 1.82) is 0 Å². The number of ketones is 1. The van der Waals surface area contributed by atoms with E-state index in [1.54, 1.807) is 36.4 Å². The Balaban J connectivity index is 1.37. The number of carbonyl (C=O) groups is 2. The Kier molecular flexibility index (Phi) is 7.19. The summed E-state index contributed by atoms with van der Waals surface area (Å²) in [7, 11) is 0. The number of furan rings is 1. The van der Waals surface area contributed by atoms with Crippen LogP contribution in [0.2, 0.25) is 0 Å². The van der Waals surface area contributed by atoms with Gasteiger partial charge in [0, 0.05) is 11.1 Å². The monoisotopic (exact) mass is 585 g/mol. The third-order valence-electron chi connectivity index (χ3n) is 6.93. The summed E-state index contributed by atoms with van der Waals surface area (Å²) >= 11 is 2.42. The lowest BCUT2D eigenvalue weighted by atomic mass is 9.93. The fraction of sp³-hybridized carbons (Fsp3) is 0.161. The highest BCUT2D eigenvalue weighted by atomic mass is 32.2. The van der Waals surface area contributed by atoms with Gasteiger partial charge in [-0.25, -0.2) is 4.39 Å². The molecule has 0 radical (unpaired) electrons. The molecule has 1 N–H and O–H groups in total. The molecule has 0 fully saturated rings. The zero-order chi connectivity index (χ0) is 28.7. The van der Waals surface area contributed by atoms with Crippen LogP contribution in [0.5, 0.6) is 0 Å². The Morgan fingerprint density at radius 2 is 1.80 bits per heavy atom. The van der Waals surface area contributed by atoms with Gasteiger partial charge in [-0.15, -0.1) is 10.2 Å². The van der Waals surface area contributed by atoms with Crippen LogP contribution in [-0.4, -0.2) is 27.0 Å². The molecule has 3 heterocycles. The predicted octanol–water partition coefficient (Wildman–Crippen LogP) is 7.62. The molecular weight excluding hydrogens is 561 g/mol. The SMILES string of the molecule is CC(C)c1ccc(C2C(C(=O)c3cc4ccccc4o3)=C(O)C(=O)N2c2nnc(SCc3ccccc3F)s2)cc1. The first kappa shape index (κ1) is 26.9. The molecule has 5 aromatic rings. The molecule has 0 spiro atoms. The maximum atomic E-state index is 14.1. The van der Waals surface area contributed by atoms with E-state index in [2.05, 4.69) is 24.0 Å². The second-order valence-electron chi connectivity index (χ2n) is 9.87. The van der Waals surface area contributed by atoms with Crippen molar-refractivity contribution in [3.8, 4) is 0 Å². The fourth-order valence-electron chi connectivity index (χ4n) is 4.75. The summed E-state index contributed by atoms with van der Waals surface area (Å²) in [5, 5.41) is 20.5. The first-order valence-electron chi connectivity index (χ1n) is 12.9. The number of aliphatic hydroxyl groups is 1. The summed E-state index contributed by atoms with van der Waals surface area (Å²) in [6.45, 7) is 4.15. The molecule has 6 rings (SSSR count). The van der Waals surface area contributed by atoms with Gasteiger partial charge in [-0.2, -0.15) is 0 Å². The molecule has 0 saturated carbocycles. The smallest absolute Gasteiger partial charge is 0.296 e. The Bertz CT molecular complexity index is 1780. The highest BCUT2D eigenvalue weighted by Crippen LogP contribution is 2.44. The number of carbonyl (C=O) groups excluding carboxylic acids is 2. The molecule has 7 nitrogen and oxygen atoms in total. The van der Waals surface area contributed by atoms with Crippen LogP contribution in [0.4, 0.5) is 9.52 Å². The molecule has 2 aromatic heterocycles. The van der Waals surface area contributed by atoms with E-state index < -0.39 is 23.5 Å². The van der Waals surface area contributed by atoms with E-state index in [0.717, 1.165) is 22.3 Å². The normalized spacial score (nSPS) is 15.5. The molecule has 41 heavy (non-hydrogen) atoms. The van der Waals surface area contributed by atoms with Gasteiger partial charge < -0.3 is 9.52 Å². The van der Waals surface area contributed by atoms with Crippen LogP contribution in [0.15, 0.2) is 99.0 Å². The fourth-order valence-corrected chi connectivity index (χ4v) is 6.61. The van der Waals surface area contributed by atoms with Crippen LogP contribution in [0.3, 0.4) is 0 Å². The van der Waals surface area contributed by atoms with E-state index in [0.29, 0.717) is 26.8 Å². The predicted molar refractivity (Wildman–Crippen MR) is 157 cm³/mol. The van der Waals surface area contributed by atoms with Crippen LogP contribution >= 0.6 is 23.1 Å². The molecule has 1 amide bonds. The number of rotatable bonds is 8. The molecule has 0 aliphatic carbocycles. The number of Topliss-reactive ketones (excluding diaryl/α,β-unsaturated/α-hetero) is 1. The van der Waals surface area contributed by atoms with Crippen molar-refractivity contribution in [1.82, 2.24) is 10.2 Å². The number of fused-ring (bicyclic) bond motifs is 1. The lowest BCUT2D eigenvalue weighted by Crippen LogP contribution is -2.31. The van der Waals surface area contributed by atoms with E-state index in [1.807, 2.05) is 36.4 Å². The van der Waals surface area contributed by atoms with Crippen LogP contribution in [-0.2, 0) is 10.5 Å². The minimum Gasteiger partial charge on any atom is -0.503 e. The number of halogens is 1. The van der Waals surface area contributed by atoms with Crippen LogP contribution in [0.25, 0.3) is 11.0 Å². The number of anilines is 1. The lowest BCUT2D eigenvalue weighted by Gasteiger charge is -2.24. The highest BCUT2D eigenvalue weighted by molar-refractivity contribution is 8.00. The quantitative estimate of drug-likeness (QED) is 0.114. The summed E-state index contributed by atoms with van der Waals surface area (Å²) in [5.41, 5.74) is 2.66. The maximum Gasteiger partial charge on any atom is 0.296 e.